The number of hydrogen-bond donors (Lipinski definition) is 0. The zero-order valence-corrected chi connectivity index (χ0v) is 12.5. The van der Waals surface area contributed by atoms with Crippen molar-refractivity contribution in [1.82, 2.24) is 0 Å². The lowest BCUT2D eigenvalue weighted by atomic mass is 10.2. The number of benzene rings is 2. The number of cyclic esters (lactones) is 1. The van der Waals surface area contributed by atoms with Gasteiger partial charge in [0.2, 0.25) is 5.90 Å². The number of para-hydroxylation sites is 1. The molecule has 0 aliphatic carbocycles. The van der Waals surface area contributed by atoms with Crippen molar-refractivity contribution in [2.45, 2.75) is 0 Å². The predicted octanol–water partition coefficient (Wildman–Crippen LogP) is 3.69. The third-order valence-electron chi connectivity index (χ3n) is 3.13. The van der Waals surface area contributed by atoms with Gasteiger partial charge >= 0.3 is 5.97 Å². The van der Waals surface area contributed by atoms with Crippen LogP contribution in [-0.4, -0.2) is 19.0 Å². The third-order valence-corrected chi connectivity index (χ3v) is 3.38. The average Bonchev–Trinajstić information content (AvgIpc) is 2.90. The molecule has 1 aliphatic rings. The van der Waals surface area contributed by atoms with E-state index in [1.165, 1.54) is 0 Å². The van der Waals surface area contributed by atoms with Crippen molar-refractivity contribution >= 4 is 29.5 Å². The van der Waals surface area contributed by atoms with Crippen LogP contribution in [0.15, 0.2) is 59.2 Å². The zero-order chi connectivity index (χ0) is 15.5. The molecule has 1 heterocycles. The summed E-state index contributed by atoms with van der Waals surface area (Å²) in [7, 11) is 1.56. The molecule has 0 saturated heterocycles. The van der Waals surface area contributed by atoms with Crippen LogP contribution in [0.25, 0.3) is 6.08 Å². The molecule has 0 fully saturated rings. The van der Waals surface area contributed by atoms with E-state index in [1.54, 1.807) is 49.6 Å². The van der Waals surface area contributed by atoms with Crippen LogP contribution in [0, 0.1) is 0 Å². The van der Waals surface area contributed by atoms with Crippen molar-refractivity contribution in [1.29, 1.82) is 0 Å². The highest BCUT2D eigenvalue weighted by Gasteiger charge is 2.25. The van der Waals surface area contributed by atoms with Crippen LogP contribution in [-0.2, 0) is 9.53 Å². The second-order valence-corrected chi connectivity index (χ2v) is 5.02. The van der Waals surface area contributed by atoms with Gasteiger partial charge in [0, 0.05) is 5.02 Å². The lowest BCUT2D eigenvalue weighted by Crippen LogP contribution is -2.06. The summed E-state index contributed by atoms with van der Waals surface area (Å²) >= 11 is 5.84. The topological polar surface area (TPSA) is 47.9 Å². The number of carbonyl (C=O) groups is 1. The Kier molecular flexibility index (Phi) is 3.94. The maximum atomic E-state index is 12.0. The van der Waals surface area contributed by atoms with E-state index in [0.29, 0.717) is 16.3 Å². The molecule has 3 rings (SSSR count). The monoisotopic (exact) mass is 313 g/mol. The molecule has 0 N–H and O–H groups in total. The Morgan fingerprint density at radius 2 is 1.86 bits per heavy atom. The van der Waals surface area contributed by atoms with E-state index in [9.17, 15) is 4.79 Å². The Bertz CT molecular complexity index is 779. The first-order chi connectivity index (χ1) is 10.7. The number of methoxy groups -OCH3 is 1. The van der Waals surface area contributed by atoms with Gasteiger partial charge in [0.05, 0.1) is 12.7 Å². The molecule has 0 amide bonds. The Balaban J connectivity index is 1.96. The van der Waals surface area contributed by atoms with Crippen LogP contribution < -0.4 is 4.74 Å². The molecular weight excluding hydrogens is 302 g/mol. The molecule has 2 aromatic rings. The first-order valence-electron chi connectivity index (χ1n) is 6.59. The number of hydrogen-bond acceptors (Lipinski definition) is 4. The minimum atomic E-state index is -0.490. The molecule has 0 spiro atoms. The van der Waals surface area contributed by atoms with Gasteiger partial charge in [-0.2, -0.15) is 0 Å². The zero-order valence-electron chi connectivity index (χ0n) is 11.7. The van der Waals surface area contributed by atoms with Crippen molar-refractivity contribution < 1.29 is 14.3 Å². The van der Waals surface area contributed by atoms with Gasteiger partial charge in [0.25, 0.3) is 0 Å². The van der Waals surface area contributed by atoms with Gasteiger partial charge in [-0.1, -0.05) is 35.9 Å². The van der Waals surface area contributed by atoms with Crippen LogP contribution in [0.1, 0.15) is 11.1 Å². The molecule has 22 heavy (non-hydrogen) atoms. The Labute approximate surface area is 132 Å². The number of nitrogens with zero attached hydrogens (tertiary/aromatic N) is 1. The van der Waals surface area contributed by atoms with E-state index in [2.05, 4.69) is 4.99 Å². The van der Waals surface area contributed by atoms with Crippen LogP contribution >= 0.6 is 11.6 Å². The average molecular weight is 314 g/mol. The maximum Gasteiger partial charge on any atom is 0.363 e. The normalized spacial score (nSPS) is 15.6. The van der Waals surface area contributed by atoms with Crippen LogP contribution in [0.3, 0.4) is 0 Å². The first-order valence-corrected chi connectivity index (χ1v) is 6.96. The molecule has 1 aliphatic heterocycles. The number of halogens is 1. The number of carbonyl (C=O) groups excluding carboxylic acids is 1. The lowest BCUT2D eigenvalue weighted by molar-refractivity contribution is -0.129. The van der Waals surface area contributed by atoms with Crippen LogP contribution in [0.4, 0.5) is 0 Å². The minimum absolute atomic E-state index is 0.239. The highest BCUT2D eigenvalue weighted by molar-refractivity contribution is 6.30. The van der Waals surface area contributed by atoms with Gasteiger partial charge in [0.1, 0.15) is 5.75 Å². The quantitative estimate of drug-likeness (QED) is 0.641. The molecule has 0 bridgehead atoms. The summed E-state index contributed by atoms with van der Waals surface area (Å²) in [6, 6.07) is 14.3. The minimum Gasteiger partial charge on any atom is -0.496 e. The largest absolute Gasteiger partial charge is 0.496 e. The van der Waals surface area contributed by atoms with Gasteiger partial charge in [-0.25, -0.2) is 9.79 Å². The van der Waals surface area contributed by atoms with E-state index < -0.39 is 5.97 Å². The van der Waals surface area contributed by atoms with Gasteiger partial charge < -0.3 is 9.47 Å². The number of aliphatic imine (C=N–C) groups is 1. The van der Waals surface area contributed by atoms with E-state index in [1.807, 2.05) is 12.1 Å². The molecule has 4 nitrogen and oxygen atoms in total. The molecule has 2 aromatic carbocycles. The van der Waals surface area contributed by atoms with Crippen LogP contribution in [0.5, 0.6) is 5.75 Å². The summed E-state index contributed by atoms with van der Waals surface area (Å²) in [4.78, 5) is 16.2. The summed E-state index contributed by atoms with van der Waals surface area (Å²) in [5.74, 6) is 0.348. The standard InChI is InChI=1S/C17H12ClNO3/c1-21-15-5-3-2-4-13(15)16-19-14(17(20)22-16)10-11-6-8-12(18)9-7-11/h2-10H,1H3/b14-10+. The maximum absolute atomic E-state index is 12.0. The molecule has 0 unspecified atom stereocenters. The summed E-state index contributed by atoms with van der Waals surface area (Å²) in [5, 5.41) is 0.634. The smallest absolute Gasteiger partial charge is 0.363 e. The van der Waals surface area contributed by atoms with Crippen molar-refractivity contribution in [2.24, 2.45) is 4.99 Å². The van der Waals surface area contributed by atoms with Crippen LogP contribution in [0.2, 0.25) is 5.02 Å². The van der Waals surface area contributed by atoms with Crippen molar-refractivity contribution in [2.75, 3.05) is 7.11 Å². The fourth-order valence-electron chi connectivity index (χ4n) is 2.06. The second-order valence-electron chi connectivity index (χ2n) is 4.59. The predicted molar refractivity (Wildman–Crippen MR) is 85.1 cm³/mol. The lowest BCUT2D eigenvalue weighted by Gasteiger charge is -2.05. The number of ether oxygens (including phenoxy) is 2. The third kappa shape index (κ3) is 2.87. The number of esters is 1. The van der Waals surface area contributed by atoms with E-state index in [4.69, 9.17) is 21.1 Å². The fourth-order valence-corrected chi connectivity index (χ4v) is 2.19. The Hall–Kier alpha value is -2.59. The van der Waals surface area contributed by atoms with E-state index >= 15 is 0 Å². The molecular formula is C17H12ClNO3. The van der Waals surface area contributed by atoms with Crippen molar-refractivity contribution in [3.63, 3.8) is 0 Å². The molecule has 0 aromatic heterocycles. The van der Waals surface area contributed by atoms with Crippen molar-refractivity contribution in [3.8, 4) is 5.75 Å². The van der Waals surface area contributed by atoms with Gasteiger partial charge in [0.15, 0.2) is 5.70 Å². The molecule has 0 atom stereocenters. The number of rotatable bonds is 3. The highest BCUT2D eigenvalue weighted by Crippen LogP contribution is 2.25. The SMILES string of the molecule is COc1ccccc1C1=N/C(=C/c2ccc(Cl)cc2)C(=O)O1. The summed E-state index contributed by atoms with van der Waals surface area (Å²) in [5.41, 5.74) is 1.70. The molecule has 0 radical (unpaired) electrons. The van der Waals surface area contributed by atoms with Gasteiger partial charge in [-0.05, 0) is 35.9 Å². The summed E-state index contributed by atoms with van der Waals surface area (Å²) in [6.45, 7) is 0. The first kappa shape index (κ1) is 14.4. The van der Waals surface area contributed by atoms with E-state index in [0.717, 1.165) is 5.56 Å². The summed E-state index contributed by atoms with van der Waals surface area (Å²) < 4.78 is 10.5. The molecule has 5 heteroatoms. The Morgan fingerprint density at radius 3 is 2.59 bits per heavy atom. The fraction of sp³-hybridized carbons (Fsp3) is 0.0588. The highest BCUT2D eigenvalue weighted by atomic mass is 35.5. The van der Waals surface area contributed by atoms with Crippen molar-refractivity contribution in [3.05, 3.63) is 70.4 Å². The second kappa shape index (κ2) is 6.03. The molecule has 0 saturated carbocycles. The van der Waals surface area contributed by atoms with E-state index in [-0.39, 0.29) is 11.6 Å². The van der Waals surface area contributed by atoms with Gasteiger partial charge in [-0.15, -0.1) is 0 Å². The molecule has 110 valence electrons. The Morgan fingerprint density at radius 1 is 1.14 bits per heavy atom. The van der Waals surface area contributed by atoms with Gasteiger partial charge in [-0.3, -0.25) is 0 Å². The summed E-state index contributed by atoms with van der Waals surface area (Å²) in [6.07, 6.45) is 1.65.